The summed E-state index contributed by atoms with van der Waals surface area (Å²) in [7, 11) is 0. The van der Waals surface area contributed by atoms with Gasteiger partial charge in [-0.25, -0.2) is 9.97 Å². The average molecular weight is 656 g/mol. The number of aromatic nitrogens is 3. The van der Waals surface area contributed by atoms with Crippen molar-refractivity contribution in [3.8, 4) is 56.3 Å². The monoisotopic (exact) mass is 655 g/mol. The largest absolute Gasteiger partial charge is 0.255 e. The van der Waals surface area contributed by atoms with Crippen molar-refractivity contribution in [1.29, 1.82) is 0 Å². The number of hydrogen-bond acceptors (Lipinski definition) is 3. The zero-order valence-electron chi connectivity index (χ0n) is 31.3. The highest BCUT2D eigenvalue weighted by atomic mass is 14.9. The van der Waals surface area contributed by atoms with Crippen LogP contribution in [0, 0.1) is 0 Å². The molecule has 3 heteroatoms. The van der Waals surface area contributed by atoms with Crippen molar-refractivity contribution in [3.63, 3.8) is 0 Å². The van der Waals surface area contributed by atoms with Crippen LogP contribution in [0.1, 0.15) is 91.5 Å². The van der Waals surface area contributed by atoms with Crippen molar-refractivity contribution in [1.82, 2.24) is 15.0 Å². The molecule has 1 aliphatic carbocycles. The molecule has 0 amide bonds. The quantitative estimate of drug-likeness (QED) is 0.190. The maximum absolute atomic E-state index is 5.11. The standard InChI is InChI=1S/C47H49N3/c1-44(2,3)34-21-15-30(16-22-34)41-28-42(31-17-23-35(24-18-31)45(4,5)6)50-43(49-41)33-20-26-40(48-29-33)32-19-25-37-36-13-11-12-14-38(36)46(7,8)47(9,10)39(37)27-32/h11-29H,1-10H3. The third-order valence-electron chi connectivity index (χ3n) is 11.3. The molecule has 0 atom stereocenters. The molecule has 3 nitrogen and oxygen atoms in total. The molecule has 2 heterocycles. The smallest absolute Gasteiger partial charge is 0.161 e. The van der Waals surface area contributed by atoms with E-state index >= 15 is 0 Å². The van der Waals surface area contributed by atoms with Gasteiger partial charge in [0.2, 0.25) is 0 Å². The molecule has 0 radical (unpaired) electrons. The van der Waals surface area contributed by atoms with Crippen molar-refractivity contribution < 1.29 is 0 Å². The summed E-state index contributed by atoms with van der Waals surface area (Å²) in [5, 5.41) is 0. The van der Waals surface area contributed by atoms with Crippen LogP contribution in [0.4, 0.5) is 0 Å². The fourth-order valence-corrected chi connectivity index (χ4v) is 7.24. The number of pyridine rings is 1. The van der Waals surface area contributed by atoms with Gasteiger partial charge in [-0.05, 0) is 79.3 Å². The minimum Gasteiger partial charge on any atom is -0.255 e. The van der Waals surface area contributed by atoms with Gasteiger partial charge in [-0.3, -0.25) is 4.98 Å². The van der Waals surface area contributed by atoms with Crippen LogP contribution in [-0.2, 0) is 21.7 Å². The molecule has 0 saturated heterocycles. The molecule has 2 aromatic heterocycles. The van der Waals surface area contributed by atoms with E-state index < -0.39 is 0 Å². The Morgan fingerprint density at radius 2 is 0.920 bits per heavy atom. The van der Waals surface area contributed by atoms with Gasteiger partial charge < -0.3 is 0 Å². The molecule has 0 N–H and O–H groups in total. The van der Waals surface area contributed by atoms with E-state index in [4.69, 9.17) is 15.0 Å². The molecule has 252 valence electrons. The first-order valence-electron chi connectivity index (χ1n) is 17.9. The summed E-state index contributed by atoms with van der Waals surface area (Å²) in [6, 6.07) is 39.6. The van der Waals surface area contributed by atoms with Gasteiger partial charge in [0, 0.05) is 28.5 Å². The van der Waals surface area contributed by atoms with Gasteiger partial charge in [-0.15, -0.1) is 0 Å². The fourth-order valence-electron chi connectivity index (χ4n) is 7.24. The molecule has 50 heavy (non-hydrogen) atoms. The molecule has 0 aliphatic heterocycles. The van der Waals surface area contributed by atoms with E-state index in [-0.39, 0.29) is 21.7 Å². The summed E-state index contributed by atoms with van der Waals surface area (Å²) in [5.74, 6) is 0.668. The second-order valence-corrected chi connectivity index (χ2v) is 17.1. The summed E-state index contributed by atoms with van der Waals surface area (Å²) >= 11 is 0. The molecule has 0 fully saturated rings. The zero-order chi connectivity index (χ0) is 35.6. The summed E-state index contributed by atoms with van der Waals surface area (Å²) in [5.41, 5.74) is 15.0. The molecule has 0 spiro atoms. The first-order valence-corrected chi connectivity index (χ1v) is 17.9. The highest BCUT2D eigenvalue weighted by molar-refractivity contribution is 5.80. The fraction of sp³-hybridized carbons (Fsp3) is 0.298. The van der Waals surface area contributed by atoms with Gasteiger partial charge in [0.25, 0.3) is 0 Å². The lowest BCUT2D eigenvalue weighted by Crippen LogP contribution is -2.43. The van der Waals surface area contributed by atoms with Crippen LogP contribution in [0.5, 0.6) is 0 Å². The van der Waals surface area contributed by atoms with Crippen LogP contribution in [0.3, 0.4) is 0 Å². The Hall–Kier alpha value is -4.89. The van der Waals surface area contributed by atoms with Crippen LogP contribution in [0.15, 0.2) is 115 Å². The predicted octanol–water partition coefficient (Wildman–Crippen LogP) is 12.4. The van der Waals surface area contributed by atoms with Crippen molar-refractivity contribution in [2.24, 2.45) is 0 Å². The van der Waals surface area contributed by atoms with Crippen LogP contribution in [0.25, 0.3) is 56.3 Å². The van der Waals surface area contributed by atoms with Crippen molar-refractivity contribution in [2.75, 3.05) is 0 Å². The molecule has 6 aromatic rings. The van der Waals surface area contributed by atoms with E-state index in [1.807, 2.05) is 6.20 Å². The number of nitrogens with zero attached hydrogens (tertiary/aromatic N) is 3. The first kappa shape index (κ1) is 33.6. The van der Waals surface area contributed by atoms with Gasteiger partial charge >= 0.3 is 0 Å². The first-order chi connectivity index (χ1) is 23.5. The third kappa shape index (κ3) is 5.87. The highest BCUT2D eigenvalue weighted by Crippen LogP contribution is 2.54. The second-order valence-electron chi connectivity index (χ2n) is 17.1. The Morgan fingerprint density at radius 3 is 1.44 bits per heavy atom. The van der Waals surface area contributed by atoms with E-state index in [1.54, 1.807) is 0 Å². The SMILES string of the molecule is CC(C)(C)c1ccc(-c2cc(-c3ccc(C(C)(C)C)cc3)nc(-c3ccc(-c4ccc5c(c4)C(C)(C)C(C)(C)c4ccccc4-5)nc3)n2)cc1. The van der Waals surface area contributed by atoms with Crippen molar-refractivity contribution >= 4 is 0 Å². The van der Waals surface area contributed by atoms with Crippen LogP contribution in [0.2, 0.25) is 0 Å². The highest BCUT2D eigenvalue weighted by Gasteiger charge is 2.45. The Labute approximate surface area is 298 Å². The van der Waals surface area contributed by atoms with Gasteiger partial charge in [0.1, 0.15) is 0 Å². The maximum atomic E-state index is 5.11. The zero-order valence-corrected chi connectivity index (χ0v) is 31.3. The van der Waals surface area contributed by atoms with Gasteiger partial charge in [-0.2, -0.15) is 0 Å². The Kier molecular flexibility index (Phi) is 7.98. The molecule has 1 aliphatic rings. The number of rotatable bonds is 4. The van der Waals surface area contributed by atoms with Crippen LogP contribution < -0.4 is 0 Å². The maximum Gasteiger partial charge on any atom is 0.161 e. The molecule has 0 bridgehead atoms. The summed E-state index contributed by atoms with van der Waals surface area (Å²) in [6.45, 7) is 22.9. The Balaban J connectivity index is 1.28. The molecule has 0 unspecified atom stereocenters. The molecule has 4 aromatic carbocycles. The summed E-state index contributed by atoms with van der Waals surface area (Å²) < 4.78 is 0. The van der Waals surface area contributed by atoms with E-state index in [9.17, 15) is 0 Å². The van der Waals surface area contributed by atoms with Crippen molar-refractivity contribution in [3.05, 3.63) is 138 Å². The normalized spacial score (nSPS) is 14.9. The van der Waals surface area contributed by atoms with Crippen LogP contribution in [-0.4, -0.2) is 15.0 Å². The summed E-state index contributed by atoms with van der Waals surface area (Å²) in [4.78, 5) is 15.2. The minimum atomic E-state index is -0.0620. The molecular weight excluding hydrogens is 607 g/mol. The van der Waals surface area contributed by atoms with E-state index in [0.717, 1.165) is 39.3 Å². The van der Waals surface area contributed by atoms with E-state index in [2.05, 4.69) is 178 Å². The lowest BCUT2D eigenvalue weighted by atomic mass is 9.55. The molecular formula is C47H49N3. The minimum absolute atomic E-state index is 0.0211. The van der Waals surface area contributed by atoms with Crippen LogP contribution >= 0.6 is 0 Å². The van der Waals surface area contributed by atoms with Gasteiger partial charge in [-0.1, -0.05) is 154 Å². The Bertz CT molecular complexity index is 2110. The lowest BCUT2D eigenvalue weighted by Gasteiger charge is -2.48. The third-order valence-corrected chi connectivity index (χ3v) is 11.3. The second kappa shape index (κ2) is 11.9. The topological polar surface area (TPSA) is 38.7 Å². The van der Waals surface area contributed by atoms with Gasteiger partial charge in [0.15, 0.2) is 5.82 Å². The van der Waals surface area contributed by atoms with E-state index in [0.29, 0.717) is 5.82 Å². The number of fused-ring (bicyclic) bond motifs is 3. The van der Waals surface area contributed by atoms with E-state index in [1.165, 1.54) is 33.4 Å². The van der Waals surface area contributed by atoms with Crippen molar-refractivity contribution in [2.45, 2.75) is 90.9 Å². The molecule has 7 rings (SSSR count). The number of benzene rings is 4. The Morgan fingerprint density at radius 1 is 0.440 bits per heavy atom. The predicted molar refractivity (Wildman–Crippen MR) is 210 cm³/mol. The lowest BCUT2D eigenvalue weighted by molar-refractivity contribution is 0.299. The molecule has 0 saturated carbocycles. The van der Waals surface area contributed by atoms with Gasteiger partial charge in [0.05, 0.1) is 17.1 Å². The number of hydrogen-bond donors (Lipinski definition) is 0. The average Bonchev–Trinajstić information content (AvgIpc) is 3.10. The summed E-state index contributed by atoms with van der Waals surface area (Å²) in [6.07, 6.45) is 1.92.